The SMILES string of the molecule is OC1CCCC1Nc1ncnc2c1ncn2C1OC(CSc2ccc(F)cc2F)C(O)C1O. The van der Waals surface area contributed by atoms with Crippen LogP contribution in [0.3, 0.4) is 0 Å². The molecule has 0 amide bonds. The van der Waals surface area contributed by atoms with E-state index in [1.54, 1.807) is 0 Å². The van der Waals surface area contributed by atoms with Gasteiger partial charge in [-0.05, 0) is 31.4 Å². The van der Waals surface area contributed by atoms with E-state index in [2.05, 4.69) is 20.3 Å². The smallest absolute Gasteiger partial charge is 0.167 e. The number of ether oxygens (including phenoxy) is 1. The lowest BCUT2D eigenvalue weighted by molar-refractivity contribution is -0.0289. The molecule has 0 radical (unpaired) electrons. The molecule has 9 nitrogen and oxygen atoms in total. The molecular formula is C21H23F2N5O4S. The molecule has 4 N–H and O–H groups in total. The number of halogens is 2. The molecule has 5 rings (SSSR count). The highest BCUT2D eigenvalue weighted by Gasteiger charge is 2.44. The number of aliphatic hydroxyl groups is 3. The summed E-state index contributed by atoms with van der Waals surface area (Å²) in [5, 5.41) is 34.5. The fraction of sp³-hybridized carbons (Fsp3) is 0.476. The van der Waals surface area contributed by atoms with E-state index in [-0.39, 0.29) is 16.7 Å². The molecule has 12 heteroatoms. The monoisotopic (exact) mass is 479 g/mol. The van der Waals surface area contributed by atoms with Crippen LogP contribution in [0.4, 0.5) is 14.6 Å². The largest absolute Gasteiger partial charge is 0.391 e. The molecule has 1 aliphatic carbocycles. The maximum Gasteiger partial charge on any atom is 0.167 e. The maximum atomic E-state index is 13.9. The first kappa shape index (κ1) is 22.4. The lowest BCUT2D eigenvalue weighted by Crippen LogP contribution is -2.32. The summed E-state index contributed by atoms with van der Waals surface area (Å²) in [7, 11) is 0. The van der Waals surface area contributed by atoms with E-state index in [0.717, 1.165) is 43.2 Å². The highest BCUT2D eigenvalue weighted by molar-refractivity contribution is 7.99. The van der Waals surface area contributed by atoms with E-state index in [4.69, 9.17) is 4.74 Å². The first-order chi connectivity index (χ1) is 15.9. The maximum absolute atomic E-state index is 13.9. The quantitative estimate of drug-likeness (QED) is 0.392. The summed E-state index contributed by atoms with van der Waals surface area (Å²) >= 11 is 1.06. The van der Waals surface area contributed by atoms with E-state index < -0.39 is 42.3 Å². The molecule has 1 aliphatic heterocycles. The van der Waals surface area contributed by atoms with Gasteiger partial charge in [0.2, 0.25) is 0 Å². The molecule has 2 fully saturated rings. The molecule has 33 heavy (non-hydrogen) atoms. The topological polar surface area (TPSA) is 126 Å². The average molecular weight is 480 g/mol. The van der Waals surface area contributed by atoms with Crippen molar-refractivity contribution in [3.05, 3.63) is 42.5 Å². The predicted octanol–water partition coefficient (Wildman–Crippen LogP) is 1.84. The number of aromatic nitrogens is 4. The molecule has 1 saturated heterocycles. The molecular weight excluding hydrogens is 456 g/mol. The highest BCUT2D eigenvalue weighted by Crippen LogP contribution is 2.35. The van der Waals surface area contributed by atoms with Crippen molar-refractivity contribution < 1.29 is 28.8 Å². The average Bonchev–Trinajstić information content (AvgIpc) is 3.47. The van der Waals surface area contributed by atoms with Gasteiger partial charge in [-0.25, -0.2) is 23.7 Å². The van der Waals surface area contributed by atoms with Crippen LogP contribution in [0.25, 0.3) is 11.2 Å². The third-order valence-corrected chi connectivity index (χ3v) is 7.21. The Morgan fingerprint density at radius 1 is 1.12 bits per heavy atom. The Kier molecular flexibility index (Phi) is 6.18. The number of benzene rings is 1. The van der Waals surface area contributed by atoms with Gasteiger partial charge < -0.3 is 25.4 Å². The van der Waals surface area contributed by atoms with Crippen molar-refractivity contribution in [1.29, 1.82) is 0 Å². The first-order valence-corrected chi connectivity index (χ1v) is 11.6. The van der Waals surface area contributed by atoms with E-state index in [0.29, 0.717) is 17.0 Å². The van der Waals surface area contributed by atoms with Crippen molar-refractivity contribution in [3.63, 3.8) is 0 Å². The molecule has 0 bridgehead atoms. The van der Waals surface area contributed by atoms with Crippen molar-refractivity contribution in [2.24, 2.45) is 0 Å². The van der Waals surface area contributed by atoms with Crippen LogP contribution < -0.4 is 5.32 Å². The van der Waals surface area contributed by atoms with Crippen LogP contribution >= 0.6 is 11.8 Å². The summed E-state index contributed by atoms with van der Waals surface area (Å²) in [4.78, 5) is 13.1. The van der Waals surface area contributed by atoms with Crippen molar-refractivity contribution in [1.82, 2.24) is 19.5 Å². The van der Waals surface area contributed by atoms with E-state index in [1.165, 1.54) is 23.3 Å². The number of imidazole rings is 1. The van der Waals surface area contributed by atoms with Gasteiger partial charge in [0.1, 0.15) is 30.2 Å². The van der Waals surface area contributed by atoms with Gasteiger partial charge in [0.15, 0.2) is 23.2 Å². The highest BCUT2D eigenvalue weighted by atomic mass is 32.2. The summed E-state index contributed by atoms with van der Waals surface area (Å²) in [6, 6.07) is 3.14. The minimum Gasteiger partial charge on any atom is -0.391 e. The lowest BCUT2D eigenvalue weighted by atomic mass is 10.1. The van der Waals surface area contributed by atoms with Crippen molar-refractivity contribution >= 4 is 28.7 Å². The second kappa shape index (κ2) is 9.11. The third kappa shape index (κ3) is 4.28. The number of thioether (sulfide) groups is 1. The predicted molar refractivity (Wildman–Crippen MR) is 116 cm³/mol. The second-order valence-corrected chi connectivity index (χ2v) is 9.29. The van der Waals surface area contributed by atoms with Gasteiger partial charge in [-0.15, -0.1) is 11.8 Å². The third-order valence-electron chi connectivity index (χ3n) is 6.07. The number of nitrogens with one attached hydrogen (secondary N) is 1. The Morgan fingerprint density at radius 2 is 1.97 bits per heavy atom. The summed E-state index contributed by atoms with van der Waals surface area (Å²) in [5.41, 5.74) is 0.849. The number of fused-ring (bicyclic) bond motifs is 1. The van der Waals surface area contributed by atoms with E-state index >= 15 is 0 Å². The van der Waals surface area contributed by atoms with Gasteiger partial charge in [-0.2, -0.15) is 0 Å². The zero-order valence-corrected chi connectivity index (χ0v) is 18.2. The van der Waals surface area contributed by atoms with E-state index in [9.17, 15) is 24.1 Å². The van der Waals surface area contributed by atoms with Crippen molar-refractivity contribution in [3.8, 4) is 0 Å². The Morgan fingerprint density at radius 3 is 2.73 bits per heavy atom. The Hall–Kier alpha value is -2.38. The fourth-order valence-electron chi connectivity index (χ4n) is 4.29. The molecule has 2 aromatic heterocycles. The Bertz CT molecular complexity index is 1150. The van der Waals surface area contributed by atoms with Gasteiger partial charge in [-0.1, -0.05) is 0 Å². The van der Waals surface area contributed by atoms with Crippen molar-refractivity contribution in [2.75, 3.05) is 11.1 Å². The van der Waals surface area contributed by atoms with Crippen LogP contribution in [0, 0.1) is 11.6 Å². The van der Waals surface area contributed by atoms with Gasteiger partial charge in [-0.3, -0.25) is 4.57 Å². The Balaban J connectivity index is 1.33. The number of hydrogen-bond donors (Lipinski definition) is 4. The van der Waals surface area contributed by atoms with Crippen LogP contribution in [0.15, 0.2) is 35.7 Å². The minimum atomic E-state index is -1.27. The van der Waals surface area contributed by atoms with Gasteiger partial charge >= 0.3 is 0 Å². The zero-order valence-electron chi connectivity index (χ0n) is 17.4. The van der Waals surface area contributed by atoms with Gasteiger partial charge in [0.05, 0.1) is 24.6 Å². The zero-order chi connectivity index (χ0) is 23.1. The van der Waals surface area contributed by atoms with Crippen LogP contribution in [-0.2, 0) is 4.74 Å². The minimum absolute atomic E-state index is 0.128. The number of hydrogen-bond acceptors (Lipinski definition) is 9. The standard InChI is InChI=1S/C21H23F2N5O4S/c22-10-4-5-15(11(23)6-10)33-7-14-17(30)18(31)21(32-14)28-9-26-16-19(24-8-25-20(16)28)27-12-2-1-3-13(12)29/h4-6,8-9,12-14,17-18,21,29-31H,1-3,7H2,(H,24,25,27). The number of aliphatic hydroxyl groups excluding tert-OH is 3. The molecule has 1 aromatic carbocycles. The number of nitrogens with zero attached hydrogens (tertiary/aromatic N) is 4. The summed E-state index contributed by atoms with van der Waals surface area (Å²) in [5.74, 6) is -0.758. The van der Waals surface area contributed by atoms with E-state index in [1.807, 2.05) is 0 Å². The van der Waals surface area contributed by atoms with Crippen LogP contribution in [0.5, 0.6) is 0 Å². The molecule has 176 valence electrons. The van der Waals surface area contributed by atoms with Crippen LogP contribution in [0.1, 0.15) is 25.5 Å². The van der Waals surface area contributed by atoms with Crippen LogP contribution in [-0.4, -0.2) is 71.0 Å². The van der Waals surface area contributed by atoms with Crippen LogP contribution in [0.2, 0.25) is 0 Å². The fourth-order valence-corrected chi connectivity index (χ4v) is 5.27. The summed E-state index contributed by atoms with van der Waals surface area (Å²) in [6.07, 6.45) is 0.542. The summed E-state index contributed by atoms with van der Waals surface area (Å²) in [6.45, 7) is 0. The van der Waals surface area contributed by atoms with Gasteiger partial charge in [0, 0.05) is 16.7 Å². The molecule has 0 spiro atoms. The molecule has 1 saturated carbocycles. The lowest BCUT2D eigenvalue weighted by Gasteiger charge is -2.18. The molecule has 3 aromatic rings. The number of rotatable bonds is 6. The van der Waals surface area contributed by atoms with Crippen molar-refractivity contribution in [2.45, 2.75) is 60.8 Å². The summed E-state index contributed by atoms with van der Waals surface area (Å²) < 4.78 is 34.5. The van der Waals surface area contributed by atoms with Gasteiger partial charge in [0.25, 0.3) is 0 Å². The first-order valence-electron chi connectivity index (χ1n) is 10.6. The molecule has 6 atom stereocenters. The molecule has 2 aliphatic rings. The Labute approximate surface area is 191 Å². The number of anilines is 1. The normalized spacial score (nSPS) is 29.7. The second-order valence-electron chi connectivity index (χ2n) is 8.23. The molecule has 6 unspecified atom stereocenters. The molecule has 3 heterocycles.